The Morgan fingerprint density at radius 2 is 2.21 bits per heavy atom. The van der Waals surface area contributed by atoms with Gasteiger partial charge in [0.15, 0.2) is 5.58 Å². The number of hydrogen-bond donors (Lipinski definition) is 0. The van der Waals surface area contributed by atoms with Crippen molar-refractivity contribution in [3.63, 3.8) is 0 Å². The fourth-order valence-corrected chi connectivity index (χ4v) is 1.62. The van der Waals surface area contributed by atoms with Gasteiger partial charge < -0.3 is 4.52 Å². The van der Waals surface area contributed by atoms with Crippen molar-refractivity contribution in [2.24, 2.45) is 0 Å². The highest BCUT2D eigenvalue weighted by Crippen LogP contribution is 2.20. The summed E-state index contributed by atoms with van der Waals surface area (Å²) >= 11 is 0. The zero-order valence-electron chi connectivity index (χ0n) is 8.71. The summed E-state index contributed by atoms with van der Waals surface area (Å²) in [6.45, 7) is 4.25. The van der Waals surface area contributed by atoms with E-state index >= 15 is 0 Å². The molecule has 0 saturated heterocycles. The monoisotopic (exact) mass is 189 g/mol. The molecule has 0 bridgehead atoms. The molecule has 1 aromatic heterocycles. The molecule has 1 heterocycles. The normalized spacial score (nSPS) is 11.0. The van der Waals surface area contributed by atoms with Crippen molar-refractivity contribution >= 4 is 11.0 Å². The molecule has 2 heteroatoms. The number of aromatic nitrogens is 1. The lowest BCUT2D eigenvalue weighted by atomic mass is 10.1. The van der Waals surface area contributed by atoms with Crippen LogP contribution in [0.4, 0.5) is 0 Å². The SMILES string of the molecule is CCCCc1noc2cc(C)ccc12. The molecule has 0 unspecified atom stereocenters. The van der Waals surface area contributed by atoms with Gasteiger partial charge in [-0.3, -0.25) is 0 Å². The van der Waals surface area contributed by atoms with Gasteiger partial charge in [0.25, 0.3) is 0 Å². The number of hydrogen-bond acceptors (Lipinski definition) is 2. The maximum Gasteiger partial charge on any atom is 0.167 e. The molecule has 0 aliphatic heterocycles. The Labute approximate surface area is 83.9 Å². The fourth-order valence-electron chi connectivity index (χ4n) is 1.62. The summed E-state index contributed by atoms with van der Waals surface area (Å²) in [4.78, 5) is 0. The number of nitrogens with zero attached hydrogens (tertiary/aromatic N) is 1. The highest BCUT2D eigenvalue weighted by atomic mass is 16.5. The van der Waals surface area contributed by atoms with E-state index < -0.39 is 0 Å². The molecule has 0 saturated carbocycles. The van der Waals surface area contributed by atoms with E-state index in [9.17, 15) is 0 Å². The van der Waals surface area contributed by atoms with Gasteiger partial charge in [-0.25, -0.2) is 0 Å². The standard InChI is InChI=1S/C12H15NO/c1-3-4-5-11-10-7-6-9(2)8-12(10)14-13-11/h6-8H,3-5H2,1-2H3. The molecule has 0 amide bonds. The van der Waals surface area contributed by atoms with E-state index in [-0.39, 0.29) is 0 Å². The quantitative estimate of drug-likeness (QED) is 0.738. The molecular formula is C12H15NO. The van der Waals surface area contributed by atoms with Crippen LogP contribution in [-0.2, 0) is 6.42 Å². The van der Waals surface area contributed by atoms with Crippen molar-refractivity contribution in [2.75, 3.05) is 0 Å². The number of benzene rings is 1. The molecule has 1 aromatic carbocycles. The van der Waals surface area contributed by atoms with Crippen LogP contribution in [0.1, 0.15) is 31.0 Å². The van der Waals surface area contributed by atoms with Crippen molar-refractivity contribution < 1.29 is 4.52 Å². The van der Waals surface area contributed by atoms with Gasteiger partial charge >= 0.3 is 0 Å². The van der Waals surface area contributed by atoms with Crippen molar-refractivity contribution in [3.05, 3.63) is 29.5 Å². The Hall–Kier alpha value is -1.31. The summed E-state index contributed by atoms with van der Waals surface area (Å²) in [7, 11) is 0. The van der Waals surface area contributed by atoms with Crippen LogP contribution >= 0.6 is 0 Å². The third-order valence-corrected chi connectivity index (χ3v) is 2.47. The van der Waals surface area contributed by atoms with Crippen LogP contribution in [0.25, 0.3) is 11.0 Å². The maximum atomic E-state index is 5.28. The molecule has 2 aromatic rings. The molecule has 2 nitrogen and oxygen atoms in total. The zero-order chi connectivity index (χ0) is 9.97. The first-order valence-electron chi connectivity index (χ1n) is 5.16. The lowest BCUT2D eigenvalue weighted by Crippen LogP contribution is -1.84. The van der Waals surface area contributed by atoms with Gasteiger partial charge in [0.1, 0.15) is 0 Å². The molecule has 2 rings (SSSR count). The highest BCUT2D eigenvalue weighted by Gasteiger charge is 2.06. The van der Waals surface area contributed by atoms with E-state index in [0.29, 0.717) is 0 Å². The molecule has 0 atom stereocenters. The number of fused-ring (bicyclic) bond motifs is 1. The van der Waals surface area contributed by atoms with Crippen molar-refractivity contribution in [3.8, 4) is 0 Å². The third kappa shape index (κ3) is 1.65. The van der Waals surface area contributed by atoms with E-state index in [1.54, 1.807) is 0 Å². The smallest absolute Gasteiger partial charge is 0.167 e. The van der Waals surface area contributed by atoms with Crippen LogP contribution in [-0.4, -0.2) is 5.16 Å². The van der Waals surface area contributed by atoms with Crippen LogP contribution in [0, 0.1) is 6.92 Å². The number of rotatable bonds is 3. The van der Waals surface area contributed by atoms with Crippen LogP contribution < -0.4 is 0 Å². The van der Waals surface area contributed by atoms with E-state index in [4.69, 9.17) is 4.52 Å². The van der Waals surface area contributed by atoms with Crippen molar-refractivity contribution in [2.45, 2.75) is 33.1 Å². The summed E-state index contributed by atoms with van der Waals surface area (Å²) in [5.74, 6) is 0. The number of aryl methyl sites for hydroxylation is 2. The van der Waals surface area contributed by atoms with E-state index in [0.717, 1.165) is 17.7 Å². The van der Waals surface area contributed by atoms with Gasteiger partial charge in [-0.2, -0.15) is 0 Å². The van der Waals surface area contributed by atoms with Gasteiger partial charge in [0, 0.05) is 5.39 Å². The summed E-state index contributed by atoms with van der Waals surface area (Å²) in [5.41, 5.74) is 3.23. The molecule has 0 radical (unpaired) electrons. The van der Waals surface area contributed by atoms with Gasteiger partial charge in [-0.15, -0.1) is 0 Å². The van der Waals surface area contributed by atoms with Crippen LogP contribution in [0.3, 0.4) is 0 Å². The van der Waals surface area contributed by atoms with Crippen LogP contribution in [0.15, 0.2) is 22.7 Å². The highest BCUT2D eigenvalue weighted by molar-refractivity contribution is 5.79. The molecule has 0 fully saturated rings. The van der Waals surface area contributed by atoms with E-state index in [1.165, 1.54) is 23.8 Å². The Bertz CT molecular complexity index is 431. The maximum absolute atomic E-state index is 5.28. The molecular weight excluding hydrogens is 174 g/mol. The predicted octanol–water partition coefficient (Wildman–Crippen LogP) is 3.48. The number of unbranched alkanes of at least 4 members (excludes halogenated alkanes) is 1. The Balaban J connectivity index is 2.37. The minimum Gasteiger partial charge on any atom is -0.356 e. The van der Waals surface area contributed by atoms with Gasteiger partial charge in [0.2, 0.25) is 0 Å². The van der Waals surface area contributed by atoms with Crippen molar-refractivity contribution in [1.82, 2.24) is 5.16 Å². The fraction of sp³-hybridized carbons (Fsp3) is 0.417. The lowest BCUT2D eigenvalue weighted by Gasteiger charge is -1.94. The summed E-state index contributed by atoms with van der Waals surface area (Å²) in [5, 5.41) is 5.27. The van der Waals surface area contributed by atoms with Gasteiger partial charge in [0.05, 0.1) is 5.69 Å². The average Bonchev–Trinajstić information content (AvgIpc) is 2.57. The summed E-state index contributed by atoms with van der Waals surface area (Å²) in [6, 6.07) is 6.25. The second kappa shape index (κ2) is 3.82. The lowest BCUT2D eigenvalue weighted by molar-refractivity contribution is 0.444. The summed E-state index contributed by atoms with van der Waals surface area (Å²) < 4.78 is 5.28. The second-order valence-corrected chi connectivity index (χ2v) is 3.73. The molecule has 0 aliphatic carbocycles. The third-order valence-electron chi connectivity index (χ3n) is 2.47. The molecule has 14 heavy (non-hydrogen) atoms. The Morgan fingerprint density at radius 1 is 1.36 bits per heavy atom. The molecule has 0 spiro atoms. The first kappa shape index (κ1) is 9.25. The minimum atomic E-state index is 0.913. The first-order valence-corrected chi connectivity index (χ1v) is 5.16. The Kier molecular flexibility index (Phi) is 2.53. The topological polar surface area (TPSA) is 26.0 Å². The summed E-state index contributed by atoms with van der Waals surface area (Å²) in [6.07, 6.45) is 3.39. The molecule has 74 valence electrons. The first-order chi connectivity index (χ1) is 6.81. The molecule has 0 aliphatic rings. The van der Waals surface area contributed by atoms with Crippen molar-refractivity contribution in [1.29, 1.82) is 0 Å². The average molecular weight is 189 g/mol. The Morgan fingerprint density at radius 3 is 3.00 bits per heavy atom. The van der Waals surface area contributed by atoms with Gasteiger partial charge in [-0.1, -0.05) is 24.6 Å². The van der Waals surface area contributed by atoms with Crippen LogP contribution in [0.5, 0.6) is 0 Å². The zero-order valence-corrected chi connectivity index (χ0v) is 8.71. The van der Waals surface area contributed by atoms with Crippen LogP contribution in [0.2, 0.25) is 0 Å². The van der Waals surface area contributed by atoms with E-state index in [1.807, 2.05) is 6.07 Å². The minimum absolute atomic E-state index is 0.913. The van der Waals surface area contributed by atoms with Gasteiger partial charge in [-0.05, 0) is 37.5 Å². The largest absolute Gasteiger partial charge is 0.356 e. The predicted molar refractivity (Wildman–Crippen MR) is 57.4 cm³/mol. The molecule has 0 N–H and O–H groups in total. The van der Waals surface area contributed by atoms with E-state index in [2.05, 4.69) is 31.1 Å². The second-order valence-electron chi connectivity index (χ2n) is 3.73.